The molecule has 0 aliphatic rings. The number of rotatable bonds is 28. The van der Waals surface area contributed by atoms with E-state index in [1.165, 1.54) is 0 Å². The zero-order valence-electron chi connectivity index (χ0n) is 20.9. The van der Waals surface area contributed by atoms with Crippen LogP contribution in [0, 0.1) is 0 Å². The standard InChI is InChI=1S/C25H43IO9/c26-6-7-27-8-9-28-10-11-29-12-13-30-14-15-31-16-17-32-18-19-33-20-21-34-22-23-35-24-25-4-2-1-3-5-25/h1-5H,6-24H2. The van der Waals surface area contributed by atoms with E-state index in [2.05, 4.69) is 22.6 Å². The molecular weight excluding hydrogens is 571 g/mol. The summed E-state index contributed by atoms with van der Waals surface area (Å²) in [6.45, 7) is 10.3. The quantitative estimate of drug-likeness (QED) is 0.0805. The molecule has 0 fully saturated rings. The van der Waals surface area contributed by atoms with Gasteiger partial charge in [-0.15, -0.1) is 0 Å². The summed E-state index contributed by atoms with van der Waals surface area (Å²) < 4.78 is 50.0. The predicted molar refractivity (Wildman–Crippen MR) is 142 cm³/mol. The van der Waals surface area contributed by atoms with E-state index >= 15 is 0 Å². The van der Waals surface area contributed by atoms with Crippen LogP contribution in [-0.2, 0) is 49.2 Å². The SMILES string of the molecule is ICCOCCOCCOCCOCCOCCOCCOCCOCCOCc1ccccc1. The summed E-state index contributed by atoms with van der Waals surface area (Å²) in [6.07, 6.45) is 0. The van der Waals surface area contributed by atoms with Crippen LogP contribution in [0.25, 0.3) is 0 Å². The average Bonchev–Trinajstić information content (AvgIpc) is 2.89. The van der Waals surface area contributed by atoms with Crippen LogP contribution in [0.1, 0.15) is 5.56 Å². The molecule has 0 aliphatic heterocycles. The zero-order valence-corrected chi connectivity index (χ0v) is 23.0. The van der Waals surface area contributed by atoms with Crippen LogP contribution < -0.4 is 0 Å². The van der Waals surface area contributed by atoms with Gasteiger partial charge in [-0.2, -0.15) is 0 Å². The second-order valence-electron chi connectivity index (χ2n) is 7.13. The van der Waals surface area contributed by atoms with Crippen molar-refractivity contribution in [2.24, 2.45) is 0 Å². The maximum atomic E-state index is 5.55. The van der Waals surface area contributed by atoms with Crippen molar-refractivity contribution in [3.8, 4) is 0 Å². The smallest absolute Gasteiger partial charge is 0.0718 e. The third-order valence-electron chi connectivity index (χ3n) is 4.31. The minimum Gasteiger partial charge on any atom is -0.378 e. The maximum absolute atomic E-state index is 5.55. The largest absolute Gasteiger partial charge is 0.378 e. The van der Waals surface area contributed by atoms with E-state index in [-0.39, 0.29) is 0 Å². The Morgan fingerprint density at radius 2 is 0.657 bits per heavy atom. The van der Waals surface area contributed by atoms with Crippen LogP contribution in [0.4, 0.5) is 0 Å². The Bertz CT molecular complexity index is 525. The molecule has 0 unspecified atom stereocenters. The molecule has 0 radical (unpaired) electrons. The highest BCUT2D eigenvalue weighted by Gasteiger charge is 1.96. The van der Waals surface area contributed by atoms with Gasteiger partial charge in [-0.25, -0.2) is 0 Å². The first-order valence-electron chi connectivity index (χ1n) is 12.2. The number of halogens is 1. The molecule has 1 aromatic carbocycles. The lowest BCUT2D eigenvalue weighted by Gasteiger charge is -2.09. The molecule has 10 heteroatoms. The van der Waals surface area contributed by atoms with Gasteiger partial charge in [0, 0.05) is 4.43 Å². The van der Waals surface area contributed by atoms with Gasteiger partial charge in [-0.1, -0.05) is 52.9 Å². The average molecular weight is 615 g/mol. The van der Waals surface area contributed by atoms with Crippen LogP contribution in [0.3, 0.4) is 0 Å². The molecule has 35 heavy (non-hydrogen) atoms. The van der Waals surface area contributed by atoms with Crippen molar-refractivity contribution in [2.45, 2.75) is 6.61 Å². The molecule has 0 atom stereocenters. The third kappa shape index (κ3) is 25.0. The van der Waals surface area contributed by atoms with Crippen molar-refractivity contribution in [1.29, 1.82) is 0 Å². The number of ether oxygens (including phenoxy) is 9. The predicted octanol–water partition coefficient (Wildman–Crippen LogP) is 2.77. The van der Waals surface area contributed by atoms with Crippen molar-refractivity contribution in [2.75, 3.05) is 117 Å². The minimum atomic E-state index is 0.533. The van der Waals surface area contributed by atoms with Gasteiger partial charge in [0.25, 0.3) is 0 Å². The first kappa shape index (κ1) is 32.6. The highest BCUT2D eigenvalue weighted by molar-refractivity contribution is 14.1. The molecule has 1 rings (SSSR count). The molecule has 0 N–H and O–H groups in total. The summed E-state index contributed by atoms with van der Waals surface area (Å²) in [5.41, 5.74) is 1.16. The summed E-state index contributed by atoms with van der Waals surface area (Å²) in [4.78, 5) is 0. The van der Waals surface area contributed by atoms with E-state index in [4.69, 9.17) is 42.6 Å². The Morgan fingerprint density at radius 1 is 0.371 bits per heavy atom. The van der Waals surface area contributed by atoms with E-state index in [1.54, 1.807) is 0 Å². The topological polar surface area (TPSA) is 83.1 Å². The molecule has 0 amide bonds. The van der Waals surface area contributed by atoms with Gasteiger partial charge in [-0.3, -0.25) is 0 Å². The summed E-state index contributed by atoms with van der Waals surface area (Å²) in [5, 5.41) is 0. The number of alkyl halides is 1. The van der Waals surface area contributed by atoms with E-state index in [0.29, 0.717) is 112 Å². The molecule has 204 valence electrons. The van der Waals surface area contributed by atoms with Gasteiger partial charge in [0.05, 0.1) is 119 Å². The van der Waals surface area contributed by atoms with E-state index in [1.807, 2.05) is 30.3 Å². The second-order valence-corrected chi connectivity index (χ2v) is 8.20. The Balaban J connectivity index is 1.63. The lowest BCUT2D eigenvalue weighted by molar-refractivity contribution is -0.0251. The fraction of sp³-hybridized carbons (Fsp3) is 0.760. The van der Waals surface area contributed by atoms with Crippen LogP contribution in [0.5, 0.6) is 0 Å². The van der Waals surface area contributed by atoms with Crippen LogP contribution in [0.2, 0.25) is 0 Å². The highest BCUT2D eigenvalue weighted by atomic mass is 127. The lowest BCUT2D eigenvalue weighted by atomic mass is 10.2. The van der Waals surface area contributed by atoms with Crippen molar-refractivity contribution in [1.82, 2.24) is 0 Å². The third-order valence-corrected chi connectivity index (χ3v) is 4.75. The lowest BCUT2D eigenvalue weighted by Crippen LogP contribution is -2.15. The second kappa shape index (κ2) is 28.2. The molecule has 0 aliphatic carbocycles. The molecule has 0 saturated heterocycles. The summed E-state index contributed by atoms with van der Waals surface area (Å²) >= 11 is 2.28. The van der Waals surface area contributed by atoms with E-state index < -0.39 is 0 Å². The molecule has 0 saturated carbocycles. The van der Waals surface area contributed by atoms with Crippen molar-refractivity contribution in [3.63, 3.8) is 0 Å². The van der Waals surface area contributed by atoms with Crippen molar-refractivity contribution >= 4 is 22.6 Å². The van der Waals surface area contributed by atoms with Gasteiger partial charge < -0.3 is 42.6 Å². The molecule has 1 aromatic rings. The first-order chi connectivity index (χ1) is 17.4. The van der Waals surface area contributed by atoms with Crippen LogP contribution in [-0.4, -0.2) is 117 Å². The minimum absolute atomic E-state index is 0.533. The number of benzene rings is 1. The molecule has 0 heterocycles. The van der Waals surface area contributed by atoms with Gasteiger partial charge in [0.15, 0.2) is 0 Å². The van der Waals surface area contributed by atoms with Gasteiger partial charge in [-0.05, 0) is 5.56 Å². The van der Waals surface area contributed by atoms with Crippen molar-refractivity contribution in [3.05, 3.63) is 35.9 Å². The summed E-state index contributed by atoms with van der Waals surface area (Å²) in [7, 11) is 0. The van der Waals surface area contributed by atoms with Crippen LogP contribution in [0.15, 0.2) is 30.3 Å². The van der Waals surface area contributed by atoms with Gasteiger partial charge in [0.2, 0.25) is 0 Å². The van der Waals surface area contributed by atoms with Crippen LogP contribution >= 0.6 is 22.6 Å². The molecule has 0 aromatic heterocycles. The molecule has 9 nitrogen and oxygen atoms in total. The maximum Gasteiger partial charge on any atom is 0.0718 e. The van der Waals surface area contributed by atoms with E-state index in [9.17, 15) is 0 Å². The Kier molecular flexibility index (Phi) is 26.2. The van der Waals surface area contributed by atoms with Gasteiger partial charge >= 0.3 is 0 Å². The number of hydrogen-bond donors (Lipinski definition) is 0. The Morgan fingerprint density at radius 3 is 0.971 bits per heavy atom. The van der Waals surface area contributed by atoms with Crippen molar-refractivity contribution < 1.29 is 42.6 Å². The molecular formula is C25H43IO9. The number of hydrogen-bond acceptors (Lipinski definition) is 9. The highest BCUT2D eigenvalue weighted by Crippen LogP contribution is 2.00. The summed E-state index contributed by atoms with van der Waals surface area (Å²) in [6, 6.07) is 10.1. The fourth-order valence-corrected chi connectivity index (χ4v) is 2.89. The molecule has 0 spiro atoms. The normalized spacial score (nSPS) is 11.3. The monoisotopic (exact) mass is 614 g/mol. The Labute approximate surface area is 224 Å². The zero-order chi connectivity index (χ0) is 24.9. The summed E-state index contributed by atoms with van der Waals surface area (Å²) in [5.74, 6) is 0. The first-order valence-corrected chi connectivity index (χ1v) is 13.8. The molecule has 0 bridgehead atoms. The van der Waals surface area contributed by atoms with Gasteiger partial charge in [0.1, 0.15) is 0 Å². The fourth-order valence-electron chi connectivity index (χ4n) is 2.58. The van der Waals surface area contributed by atoms with E-state index in [0.717, 1.165) is 16.6 Å². The Hall–Kier alpha value is -0.410.